The molecule has 0 spiro atoms. The number of fused-ring (bicyclic) bond motifs is 1. The molecule has 13 heteroatoms. The fourth-order valence-electron chi connectivity index (χ4n) is 10.1. The highest BCUT2D eigenvalue weighted by molar-refractivity contribution is 5.77. The number of aryl methyl sites for hydroxylation is 4. The number of ether oxygens (including phenoxy) is 5. The number of esters is 1. The molecule has 2 aliphatic heterocycles. The van der Waals surface area contributed by atoms with E-state index in [9.17, 15) is 14.7 Å². The van der Waals surface area contributed by atoms with Crippen molar-refractivity contribution in [2.45, 2.75) is 168 Å². The van der Waals surface area contributed by atoms with Crippen molar-refractivity contribution in [1.82, 2.24) is 19.4 Å². The van der Waals surface area contributed by atoms with Gasteiger partial charge in [-0.1, -0.05) is 123 Å². The quantitative estimate of drug-likeness (QED) is 0.0480. The number of benzene rings is 4. The summed E-state index contributed by atoms with van der Waals surface area (Å²) in [7, 11) is 1.57. The van der Waals surface area contributed by atoms with Crippen LogP contribution in [0.2, 0.25) is 0 Å². The lowest BCUT2D eigenvalue weighted by Gasteiger charge is -2.37. The number of aromatic nitrogens is 2. The molecule has 1 aromatic heterocycles. The van der Waals surface area contributed by atoms with Crippen LogP contribution in [0, 0.1) is 27.7 Å². The molecule has 0 saturated carbocycles. The molecule has 13 nitrogen and oxygen atoms in total. The summed E-state index contributed by atoms with van der Waals surface area (Å²) < 4.78 is 34.0. The number of nitrogens with zero attached hydrogens (tertiary/aromatic N) is 3. The van der Waals surface area contributed by atoms with Crippen LogP contribution in [0.4, 0.5) is 0 Å². The van der Waals surface area contributed by atoms with E-state index in [0.29, 0.717) is 25.4 Å². The van der Waals surface area contributed by atoms with Crippen LogP contribution in [-0.4, -0.2) is 81.1 Å². The van der Waals surface area contributed by atoms with Gasteiger partial charge in [0.05, 0.1) is 13.7 Å². The van der Waals surface area contributed by atoms with E-state index in [2.05, 4.69) is 82.1 Å². The maximum atomic E-state index is 15.2. The van der Waals surface area contributed by atoms with Gasteiger partial charge < -0.3 is 34.1 Å². The molecule has 5 aromatic rings. The minimum absolute atomic E-state index is 0.00210. The molecule has 7 rings (SSSR count). The minimum atomic E-state index is -1.52. The number of nitrogens with one attached hydrogen (secondary N) is 1. The standard InChI is InChI=1S/C57H74N4O9/c1-10-11-12-13-14-20-30-58-48(49(63)51-52-53(70-57(7,8)69-52)54(67-51)60-31-29-47(62)61(56(60)65)34-42-25-27-45(66-9)28-26-42)55(64)68-50(43-22-16-15-17-23-43)41(6)59(35-44-24-19-18-21-38(44)3)36-46-39(4)32-37(2)33-40(46)5/h15-19,21-29,31-33,41,48-54,58,63H,10-14,20,30,34-36H2,1-9H3/t41?,48-,49+,50?,51-,52-,53-,54-/m1/s1. The number of rotatable bonds is 23. The van der Waals surface area contributed by atoms with E-state index in [-0.39, 0.29) is 12.6 Å². The number of unbranched alkanes of at least 4 members (excludes halogenated alkanes) is 5. The van der Waals surface area contributed by atoms with Gasteiger partial charge >= 0.3 is 11.7 Å². The first-order valence-corrected chi connectivity index (χ1v) is 25.1. The topological polar surface area (TPSA) is 143 Å². The van der Waals surface area contributed by atoms with E-state index in [1.807, 2.05) is 36.4 Å². The second-order valence-electron chi connectivity index (χ2n) is 19.7. The summed E-state index contributed by atoms with van der Waals surface area (Å²) in [4.78, 5) is 45.1. The van der Waals surface area contributed by atoms with E-state index in [0.717, 1.165) is 54.2 Å². The summed E-state index contributed by atoms with van der Waals surface area (Å²) in [6.07, 6.45) is 1.27. The largest absolute Gasteiger partial charge is 0.497 e. The van der Waals surface area contributed by atoms with Crippen molar-refractivity contribution in [3.05, 3.63) is 169 Å². The molecule has 376 valence electrons. The summed E-state index contributed by atoms with van der Waals surface area (Å²) in [6.45, 7) is 18.0. The number of aliphatic hydroxyl groups is 1. The Morgan fingerprint density at radius 3 is 2.17 bits per heavy atom. The molecule has 70 heavy (non-hydrogen) atoms. The van der Waals surface area contributed by atoms with Crippen LogP contribution in [0.5, 0.6) is 5.75 Å². The van der Waals surface area contributed by atoms with Crippen LogP contribution >= 0.6 is 0 Å². The van der Waals surface area contributed by atoms with Gasteiger partial charge in [-0.3, -0.25) is 23.6 Å². The Morgan fingerprint density at radius 2 is 1.49 bits per heavy atom. The summed E-state index contributed by atoms with van der Waals surface area (Å²) >= 11 is 0. The fourth-order valence-corrected chi connectivity index (χ4v) is 10.1. The predicted octanol–water partition coefficient (Wildman–Crippen LogP) is 8.77. The lowest BCUT2D eigenvalue weighted by atomic mass is 9.96. The van der Waals surface area contributed by atoms with Crippen LogP contribution < -0.4 is 21.3 Å². The maximum Gasteiger partial charge on any atom is 0.333 e. The lowest BCUT2D eigenvalue weighted by Crippen LogP contribution is -2.55. The highest BCUT2D eigenvalue weighted by Gasteiger charge is 2.59. The zero-order valence-electron chi connectivity index (χ0n) is 42.6. The Bertz CT molecular complexity index is 2610. The highest BCUT2D eigenvalue weighted by atomic mass is 16.8. The average molecular weight is 959 g/mol. The van der Waals surface area contributed by atoms with Gasteiger partial charge in [0.25, 0.3) is 5.56 Å². The lowest BCUT2D eigenvalue weighted by molar-refractivity contribution is -0.211. The van der Waals surface area contributed by atoms with Gasteiger partial charge in [0.1, 0.15) is 42.3 Å². The SMILES string of the molecule is CCCCCCCCN[C@@H](C(=O)OC(c1ccccc1)C(C)N(Cc1ccccc1C)Cc1c(C)cc(C)cc1C)[C@H](O)[C@H]1O[C@@H](n2ccc(=O)n(Cc3ccc(OC)cc3)c2=O)[C@@H]2OC(C)(C)O[C@H]12. The van der Waals surface area contributed by atoms with Crippen LogP contribution in [0.15, 0.2) is 113 Å². The number of carbonyl (C=O) groups is 1. The zero-order valence-corrected chi connectivity index (χ0v) is 42.6. The van der Waals surface area contributed by atoms with Crippen LogP contribution in [-0.2, 0) is 43.4 Å². The van der Waals surface area contributed by atoms with E-state index in [1.54, 1.807) is 45.2 Å². The Kier molecular flexibility index (Phi) is 17.7. The van der Waals surface area contributed by atoms with E-state index in [1.165, 1.54) is 50.2 Å². The van der Waals surface area contributed by atoms with Crippen molar-refractivity contribution in [1.29, 1.82) is 0 Å². The second-order valence-corrected chi connectivity index (χ2v) is 19.7. The smallest absolute Gasteiger partial charge is 0.333 e. The van der Waals surface area contributed by atoms with Gasteiger partial charge in [0.15, 0.2) is 12.0 Å². The number of aliphatic hydroxyl groups excluding tert-OH is 1. The monoisotopic (exact) mass is 959 g/mol. The molecule has 2 N–H and O–H groups in total. The molecule has 2 saturated heterocycles. The molecule has 0 radical (unpaired) electrons. The maximum absolute atomic E-state index is 15.2. The van der Waals surface area contributed by atoms with Crippen molar-refractivity contribution in [2.24, 2.45) is 0 Å². The first-order chi connectivity index (χ1) is 33.6. The van der Waals surface area contributed by atoms with E-state index >= 15 is 4.79 Å². The highest BCUT2D eigenvalue weighted by Crippen LogP contribution is 2.44. The molecule has 0 bridgehead atoms. The van der Waals surface area contributed by atoms with Crippen molar-refractivity contribution >= 4 is 5.97 Å². The molecular weight excluding hydrogens is 885 g/mol. The molecule has 2 aliphatic rings. The molecule has 2 unspecified atom stereocenters. The zero-order chi connectivity index (χ0) is 50.1. The second kappa shape index (κ2) is 23.7. The van der Waals surface area contributed by atoms with Gasteiger partial charge in [-0.25, -0.2) is 4.79 Å². The number of methoxy groups -OCH3 is 1. The third-order valence-corrected chi connectivity index (χ3v) is 14.0. The van der Waals surface area contributed by atoms with Gasteiger partial charge in [-0.2, -0.15) is 0 Å². The normalized spacial score (nSPS) is 20.2. The van der Waals surface area contributed by atoms with Crippen molar-refractivity contribution in [3.8, 4) is 5.75 Å². The third kappa shape index (κ3) is 12.5. The van der Waals surface area contributed by atoms with Crippen LogP contribution in [0.1, 0.15) is 123 Å². The molecule has 0 aliphatic carbocycles. The van der Waals surface area contributed by atoms with Crippen molar-refractivity contribution in [3.63, 3.8) is 0 Å². The first-order valence-electron chi connectivity index (χ1n) is 25.1. The molecule has 4 aromatic carbocycles. The van der Waals surface area contributed by atoms with E-state index in [4.69, 9.17) is 23.7 Å². The summed E-state index contributed by atoms with van der Waals surface area (Å²) in [6, 6.07) is 29.4. The number of hydrogen-bond acceptors (Lipinski definition) is 11. The Balaban J connectivity index is 1.22. The molecule has 2 fully saturated rings. The predicted molar refractivity (Wildman–Crippen MR) is 272 cm³/mol. The Labute approximate surface area is 413 Å². The first kappa shape index (κ1) is 52.4. The van der Waals surface area contributed by atoms with Crippen LogP contribution in [0.25, 0.3) is 0 Å². The summed E-state index contributed by atoms with van der Waals surface area (Å²) in [5, 5.41) is 16.1. The third-order valence-electron chi connectivity index (χ3n) is 14.0. The van der Waals surface area contributed by atoms with Gasteiger partial charge in [-0.15, -0.1) is 0 Å². The summed E-state index contributed by atoms with van der Waals surface area (Å²) in [5.41, 5.74) is 7.57. The minimum Gasteiger partial charge on any atom is -0.497 e. The molecule has 0 amide bonds. The molecular formula is C57H74N4O9. The molecule has 8 atom stereocenters. The number of carbonyl (C=O) groups excluding carboxylic acids is 1. The Hall–Kier alpha value is -5.41. The fraction of sp³-hybridized carbons (Fsp3) is 0.491. The van der Waals surface area contributed by atoms with Crippen molar-refractivity contribution in [2.75, 3.05) is 13.7 Å². The van der Waals surface area contributed by atoms with Crippen LogP contribution in [0.3, 0.4) is 0 Å². The van der Waals surface area contributed by atoms with Crippen molar-refractivity contribution < 1.29 is 33.6 Å². The van der Waals surface area contributed by atoms with Gasteiger partial charge in [0, 0.05) is 31.4 Å². The summed E-state index contributed by atoms with van der Waals surface area (Å²) in [5.74, 6) is -1.12. The average Bonchev–Trinajstić information content (AvgIpc) is 3.84. The van der Waals surface area contributed by atoms with Gasteiger partial charge in [-0.05, 0) is 113 Å². The number of hydrogen-bond donors (Lipinski definition) is 2. The Morgan fingerprint density at radius 1 is 0.829 bits per heavy atom. The van der Waals surface area contributed by atoms with Gasteiger partial charge in [0.2, 0.25) is 0 Å². The molecule has 3 heterocycles. The van der Waals surface area contributed by atoms with E-state index < -0.39 is 65.8 Å².